The largest absolute Gasteiger partial charge is 0.343 e. The van der Waals surface area contributed by atoms with Crippen molar-refractivity contribution < 1.29 is 14.3 Å². The van der Waals surface area contributed by atoms with E-state index >= 15 is 0 Å². The van der Waals surface area contributed by atoms with Crippen LogP contribution in [-0.2, 0) is 14.3 Å². The molecule has 0 aromatic heterocycles. The summed E-state index contributed by atoms with van der Waals surface area (Å²) < 4.78 is 11.8. The van der Waals surface area contributed by atoms with Crippen LogP contribution in [0.2, 0.25) is 0 Å². The maximum atomic E-state index is 11.5. The number of Topliss-reactive ketones (excluding diaryl/α,β-unsaturated/α-hetero) is 1. The Labute approximate surface area is 96.2 Å². The van der Waals surface area contributed by atoms with Crippen LogP contribution in [0.15, 0.2) is 4.99 Å². The number of carbonyl (C=O) groups excluding carboxylic acids is 1. The van der Waals surface area contributed by atoms with Gasteiger partial charge in [0.1, 0.15) is 4.38 Å². The maximum absolute atomic E-state index is 11.5. The molecule has 0 N–H and O–H groups in total. The van der Waals surface area contributed by atoms with Crippen molar-refractivity contribution in [3.05, 3.63) is 0 Å². The van der Waals surface area contributed by atoms with Crippen molar-refractivity contribution in [2.45, 2.75) is 24.1 Å². The summed E-state index contributed by atoms with van der Waals surface area (Å²) in [4.78, 5) is 15.9. The maximum Gasteiger partial charge on any atom is 0.218 e. The molecule has 0 amide bonds. The Hall–Kier alpha value is -0.0400. The van der Waals surface area contributed by atoms with Crippen LogP contribution in [0, 0.1) is 0 Å². The third kappa shape index (κ3) is 1.95. The fourth-order valence-corrected chi connectivity index (χ4v) is 4.24. The molecule has 3 aliphatic heterocycles. The Morgan fingerprint density at radius 3 is 3.27 bits per heavy atom. The quantitative estimate of drug-likeness (QED) is 0.687. The number of carbonyl (C=O) groups is 1. The van der Waals surface area contributed by atoms with Crippen molar-refractivity contribution in [1.82, 2.24) is 0 Å². The van der Waals surface area contributed by atoms with Crippen LogP contribution in [0.5, 0.6) is 0 Å². The van der Waals surface area contributed by atoms with Gasteiger partial charge in [-0.2, -0.15) is 0 Å². The summed E-state index contributed by atoms with van der Waals surface area (Å²) in [6.07, 6.45) is 0.0474. The Kier molecular flexibility index (Phi) is 2.76. The van der Waals surface area contributed by atoms with Crippen LogP contribution in [0.25, 0.3) is 0 Å². The second-order valence-electron chi connectivity index (χ2n) is 3.66. The minimum atomic E-state index is -0.579. The number of ether oxygens (including phenoxy) is 2. The fourth-order valence-electron chi connectivity index (χ4n) is 1.84. The molecule has 2 fully saturated rings. The molecular weight excluding hydrogens is 234 g/mol. The molecule has 82 valence electrons. The van der Waals surface area contributed by atoms with E-state index in [1.807, 2.05) is 0 Å². The van der Waals surface area contributed by atoms with E-state index in [1.165, 1.54) is 0 Å². The summed E-state index contributed by atoms with van der Waals surface area (Å²) in [6.45, 7) is 1.45. The zero-order chi connectivity index (χ0) is 10.3. The summed E-state index contributed by atoms with van der Waals surface area (Å²) in [7, 11) is 0. The summed E-state index contributed by atoms with van der Waals surface area (Å²) in [5, 5.41) is 0.195. The zero-order valence-electron chi connectivity index (χ0n) is 8.05. The number of hydrogen-bond acceptors (Lipinski definition) is 6. The van der Waals surface area contributed by atoms with Gasteiger partial charge in [-0.25, -0.2) is 0 Å². The number of thioether (sulfide) groups is 2. The van der Waals surface area contributed by atoms with Gasteiger partial charge in [0.25, 0.3) is 0 Å². The predicted octanol–water partition coefficient (Wildman–Crippen LogP) is 0.905. The van der Waals surface area contributed by atoms with Crippen molar-refractivity contribution in [2.75, 3.05) is 18.9 Å². The van der Waals surface area contributed by atoms with Gasteiger partial charge < -0.3 is 9.47 Å². The Balaban J connectivity index is 1.67. The third-order valence-electron chi connectivity index (χ3n) is 2.60. The fraction of sp³-hybridized carbons (Fsp3) is 0.778. The lowest BCUT2D eigenvalue weighted by molar-refractivity contribution is -0.151. The van der Waals surface area contributed by atoms with Crippen LogP contribution in [0.4, 0.5) is 0 Å². The summed E-state index contributed by atoms with van der Waals surface area (Å²) in [5.41, 5.74) is 0. The Morgan fingerprint density at radius 1 is 1.53 bits per heavy atom. The summed E-state index contributed by atoms with van der Waals surface area (Å²) in [6, 6.07) is 0. The third-order valence-corrected chi connectivity index (χ3v) is 5.11. The van der Waals surface area contributed by atoms with Gasteiger partial charge in [0.05, 0.1) is 19.3 Å². The zero-order valence-corrected chi connectivity index (χ0v) is 9.68. The molecule has 6 heteroatoms. The Bertz CT molecular complexity index is 320. The number of ketones is 1. The van der Waals surface area contributed by atoms with Crippen molar-refractivity contribution in [3.8, 4) is 0 Å². The molecule has 0 radical (unpaired) electrons. The average molecular weight is 245 g/mol. The van der Waals surface area contributed by atoms with Crippen molar-refractivity contribution in [3.63, 3.8) is 0 Å². The Morgan fingerprint density at radius 2 is 2.47 bits per heavy atom. The molecule has 0 aromatic rings. The normalized spacial score (nSPS) is 39.6. The predicted molar refractivity (Wildman–Crippen MR) is 60.4 cm³/mol. The monoisotopic (exact) mass is 245 g/mol. The van der Waals surface area contributed by atoms with Gasteiger partial charge >= 0.3 is 0 Å². The molecule has 4 nitrogen and oxygen atoms in total. The molecule has 0 unspecified atom stereocenters. The molecule has 0 aliphatic carbocycles. The van der Waals surface area contributed by atoms with Crippen LogP contribution in [0.3, 0.4) is 0 Å². The first-order valence-corrected chi connectivity index (χ1v) is 6.83. The highest BCUT2D eigenvalue weighted by atomic mass is 32.2. The van der Waals surface area contributed by atoms with Gasteiger partial charge in [-0.1, -0.05) is 23.5 Å². The van der Waals surface area contributed by atoms with E-state index in [2.05, 4.69) is 4.99 Å². The average Bonchev–Trinajstić information content (AvgIpc) is 2.83. The molecular formula is C9H11NO3S2. The van der Waals surface area contributed by atoms with E-state index in [1.54, 1.807) is 23.5 Å². The van der Waals surface area contributed by atoms with Gasteiger partial charge in [-0.05, 0) is 0 Å². The lowest BCUT2D eigenvalue weighted by atomic mass is 10.1. The van der Waals surface area contributed by atoms with Crippen LogP contribution >= 0.6 is 23.5 Å². The van der Waals surface area contributed by atoms with E-state index < -0.39 is 6.29 Å². The summed E-state index contributed by atoms with van der Waals surface area (Å²) >= 11 is 3.45. The number of fused-ring (bicyclic) bond motifs is 2. The van der Waals surface area contributed by atoms with Crippen molar-refractivity contribution >= 4 is 33.7 Å². The lowest BCUT2D eigenvalue weighted by Crippen LogP contribution is -2.37. The van der Waals surface area contributed by atoms with Crippen LogP contribution in [-0.4, -0.2) is 46.7 Å². The highest BCUT2D eigenvalue weighted by molar-refractivity contribution is 8.39. The van der Waals surface area contributed by atoms with Crippen molar-refractivity contribution in [2.24, 2.45) is 4.99 Å². The summed E-state index contributed by atoms with van der Waals surface area (Å²) in [5.74, 6) is 1.14. The molecule has 0 aromatic carbocycles. The van der Waals surface area contributed by atoms with E-state index in [0.717, 1.165) is 16.7 Å². The molecule has 3 heterocycles. The first kappa shape index (κ1) is 10.1. The number of aliphatic imine (C=N–C) groups is 1. The number of hydrogen-bond donors (Lipinski definition) is 0. The van der Waals surface area contributed by atoms with Crippen LogP contribution < -0.4 is 0 Å². The van der Waals surface area contributed by atoms with Crippen LogP contribution in [0.1, 0.15) is 6.42 Å². The highest BCUT2D eigenvalue weighted by Crippen LogP contribution is 2.36. The minimum Gasteiger partial charge on any atom is -0.343 e. The topological polar surface area (TPSA) is 47.9 Å². The SMILES string of the molecule is O=C1C[C@@H](SC2=NCCS2)[C@H]2CO[C@@H]1O2. The van der Waals surface area contributed by atoms with Crippen molar-refractivity contribution in [1.29, 1.82) is 0 Å². The first-order valence-electron chi connectivity index (χ1n) is 4.96. The van der Waals surface area contributed by atoms with Gasteiger partial charge in [0, 0.05) is 17.4 Å². The smallest absolute Gasteiger partial charge is 0.218 e. The van der Waals surface area contributed by atoms with Gasteiger partial charge in [-0.3, -0.25) is 9.79 Å². The van der Waals surface area contributed by atoms with E-state index in [0.29, 0.717) is 13.0 Å². The molecule has 0 spiro atoms. The van der Waals surface area contributed by atoms with E-state index in [-0.39, 0.29) is 17.1 Å². The van der Waals surface area contributed by atoms with Gasteiger partial charge in [0.2, 0.25) is 6.29 Å². The second-order valence-corrected chi connectivity index (χ2v) is 6.23. The second kappa shape index (κ2) is 4.08. The number of rotatable bonds is 1. The van der Waals surface area contributed by atoms with E-state index in [9.17, 15) is 4.79 Å². The van der Waals surface area contributed by atoms with Gasteiger partial charge in [-0.15, -0.1) is 0 Å². The first-order chi connectivity index (χ1) is 7.33. The van der Waals surface area contributed by atoms with E-state index in [4.69, 9.17) is 9.47 Å². The number of nitrogens with zero attached hydrogens (tertiary/aromatic N) is 1. The molecule has 3 rings (SSSR count). The standard InChI is InChI=1S/C9H11NO3S2/c11-5-3-7(6-4-12-8(5)13-6)15-9-10-1-2-14-9/h6-8H,1-4H2/t6-,7-,8-/m1/s1. The molecule has 2 saturated heterocycles. The molecule has 2 bridgehead atoms. The van der Waals surface area contributed by atoms with Gasteiger partial charge in [0.15, 0.2) is 5.78 Å². The minimum absolute atomic E-state index is 0.0709. The lowest BCUT2D eigenvalue weighted by Gasteiger charge is -2.25. The molecule has 3 atom stereocenters. The highest BCUT2D eigenvalue weighted by Gasteiger charge is 2.44. The molecule has 15 heavy (non-hydrogen) atoms. The molecule has 3 aliphatic rings. The molecule has 0 saturated carbocycles.